The predicted octanol–water partition coefficient (Wildman–Crippen LogP) is 3.28. The Hall–Kier alpha value is -1.43. The van der Waals surface area contributed by atoms with Crippen LogP contribution in [0.25, 0.3) is 11.0 Å². The molecule has 0 aliphatic rings. The van der Waals surface area contributed by atoms with Gasteiger partial charge >= 0.3 is 0 Å². The molecule has 0 spiro atoms. The molecular formula is C15H21FN2O2. The highest BCUT2D eigenvalue weighted by Crippen LogP contribution is 2.29. The molecule has 0 saturated heterocycles. The number of halogens is 1. The minimum Gasteiger partial charge on any atom is -0.456 e. The molecule has 0 saturated carbocycles. The van der Waals surface area contributed by atoms with Crippen LogP contribution >= 0.6 is 0 Å². The van der Waals surface area contributed by atoms with E-state index in [2.05, 4.69) is 12.3 Å². The maximum absolute atomic E-state index is 13.7. The van der Waals surface area contributed by atoms with Crippen molar-refractivity contribution in [1.82, 2.24) is 5.43 Å². The molecule has 1 aromatic heterocycles. The Morgan fingerprint density at radius 1 is 1.40 bits per heavy atom. The van der Waals surface area contributed by atoms with Gasteiger partial charge in [0.25, 0.3) is 0 Å². The van der Waals surface area contributed by atoms with Gasteiger partial charge in [0.2, 0.25) is 0 Å². The normalized spacial score (nSPS) is 14.6. The number of furan rings is 1. The van der Waals surface area contributed by atoms with Crippen molar-refractivity contribution >= 4 is 11.0 Å². The minimum atomic E-state index is -0.368. The van der Waals surface area contributed by atoms with Gasteiger partial charge in [-0.05, 0) is 25.5 Å². The first-order valence-corrected chi connectivity index (χ1v) is 6.96. The lowest BCUT2D eigenvalue weighted by Gasteiger charge is -2.24. The zero-order chi connectivity index (χ0) is 14.5. The number of hydrazine groups is 1. The highest BCUT2D eigenvalue weighted by molar-refractivity contribution is 5.78. The lowest BCUT2D eigenvalue weighted by atomic mass is 10.0. The molecular weight excluding hydrogens is 259 g/mol. The SMILES string of the molecule is CCCC(OCC)C(NN)c1cc2cccc(F)c2o1. The first-order chi connectivity index (χ1) is 9.71. The summed E-state index contributed by atoms with van der Waals surface area (Å²) in [5, 5.41) is 0.729. The Labute approximate surface area is 118 Å². The lowest BCUT2D eigenvalue weighted by molar-refractivity contribution is 0.0224. The van der Waals surface area contributed by atoms with Crippen LogP contribution in [0.1, 0.15) is 38.5 Å². The largest absolute Gasteiger partial charge is 0.456 e. The van der Waals surface area contributed by atoms with E-state index in [-0.39, 0.29) is 23.5 Å². The number of nitrogens with two attached hydrogens (primary N) is 1. The van der Waals surface area contributed by atoms with Gasteiger partial charge in [0.15, 0.2) is 11.4 Å². The van der Waals surface area contributed by atoms with Gasteiger partial charge in [-0.1, -0.05) is 25.5 Å². The summed E-state index contributed by atoms with van der Waals surface area (Å²) in [6, 6.07) is 6.38. The van der Waals surface area contributed by atoms with Crippen LogP contribution in [0.15, 0.2) is 28.7 Å². The van der Waals surface area contributed by atoms with Crippen LogP contribution in [0.4, 0.5) is 4.39 Å². The third-order valence-corrected chi connectivity index (χ3v) is 3.33. The van der Waals surface area contributed by atoms with Crippen LogP contribution in [-0.2, 0) is 4.74 Å². The van der Waals surface area contributed by atoms with E-state index in [1.165, 1.54) is 6.07 Å². The highest BCUT2D eigenvalue weighted by Gasteiger charge is 2.25. The highest BCUT2D eigenvalue weighted by atomic mass is 19.1. The number of ether oxygens (including phenoxy) is 1. The van der Waals surface area contributed by atoms with Gasteiger partial charge in [0.1, 0.15) is 11.8 Å². The fourth-order valence-electron chi connectivity index (χ4n) is 2.42. The number of benzene rings is 1. The van der Waals surface area contributed by atoms with Crippen molar-refractivity contribution in [2.45, 2.75) is 38.8 Å². The number of nitrogens with one attached hydrogen (secondary N) is 1. The van der Waals surface area contributed by atoms with Gasteiger partial charge in [-0.25, -0.2) is 9.82 Å². The second-order valence-electron chi connectivity index (χ2n) is 4.73. The smallest absolute Gasteiger partial charge is 0.169 e. The summed E-state index contributed by atoms with van der Waals surface area (Å²) in [6.45, 7) is 4.61. The first-order valence-electron chi connectivity index (χ1n) is 6.96. The van der Waals surface area contributed by atoms with Crippen molar-refractivity contribution in [3.63, 3.8) is 0 Å². The van der Waals surface area contributed by atoms with Crippen LogP contribution in [-0.4, -0.2) is 12.7 Å². The molecule has 0 radical (unpaired) electrons. The van der Waals surface area contributed by atoms with E-state index in [1.807, 2.05) is 19.1 Å². The van der Waals surface area contributed by atoms with Crippen molar-refractivity contribution in [2.75, 3.05) is 6.61 Å². The Kier molecular flexibility index (Phi) is 5.11. The zero-order valence-corrected chi connectivity index (χ0v) is 11.9. The van der Waals surface area contributed by atoms with Crippen LogP contribution in [0.5, 0.6) is 0 Å². The predicted molar refractivity (Wildman–Crippen MR) is 76.6 cm³/mol. The topological polar surface area (TPSA) is 60.4 Å². The van der Waals surface area contributed by atoms with E-state index < -0.39 is 0 Å². The zero-order valence-electron chi connectivity index (χ0n) is 11.9. The standard InChI is InChI=1S/C15H21FN2O2/c1-3-6-12(19-4-2)14(18-17)13-9-10-7-5-8-11(16)15(10)20-13/h5,7-9,12,14,18H,3-4,6,17H2,1-2H3. The van der Waals surface area contributed by atoms with Crippen molar-refractivity contribution < 1.29 is 13.5 Å². The van der Waals surface area contributed by atoms with Gasteiger partial charge in [-0.15, -0.1) is 0 Å². The Balaban J connectivity index is 2.34. The Bertz CT molecular complexity index is 550. The third kappa shape index (κ3) is 3.00. The number of hydrogen-bond acceptors (Lipinski definition) is 4. The summed E-state index contributed by atoms with van der Waals surface area (Å²) in [5.74, 6) is 5.87. The maximum Gasteiger partial charge on any atom is 0.169 e. The quantitative estimate of drug-likeness (QED) is 0.603. The monoisotopic (exact) mass is 280 g/mol. The number of hydrogen-bond donors (Lipinski definition) is 2. The van der Waals surface area contributed by atoms with Gasteiger partial charge in [0, 0.05) is 12.0 Å². The van der Waals surface area contributed by atoms with E-state index in [9.17, 15) is 4.39 Å². The summed E-state index contributed by atoms with van der Waals surface area (Å²) in [4.78, 5) is 0. The number of para-hydroxylation sites is 1. The van der Waals surface area contributed by atoms with Gasteiger partial charge in [-0.3, -0.25) is 5.84 Å². The molecule has 2 rings (SSSR count). The molecule has 0 fully saturated rings. The van der Waals surface area contributed by atoms with Gasteiger partial charge < -0.3 is 9.15 Å². The van der Waals surface area contributed by atoms with Gasteiger partial charge in [-0.2, -0.15) is 0 Å². The van der Waals surface area contributed by atoms with Crippen molar-refractivity contribution in [3.8, 4) is 0 Å². The maximum atomic E-state index is 13.7. The second-order valence-corrected chi connectivity index (χ2v) is 4.73. The fourth-order valence-corrected chi connectivity index (χ4v) is 2.42. The molecule has 2 atom stereocenters. The molecule has 4 nitrogen and oxygen atoms in total. The van der Waals surface area contributed by atoms with Gasteiger partial charge in [0.05, 0.1) is 6.10 Å². The van der Waals surface area contributed by atoms with E-state index in [0.717, 1.165) is 18.2 Å². The molecule has 1 heterocycles. The molecule has 1 aromatic carbocycles. The summed E-state index contributed by atoms with van der Waals surface area (Å²) < 4.78 is 25.0. The molecule has 0 aliphatic heterocycles. The van der Waals surface area contributed by atoms with E-state index >= 15 is 0 Å². The molecule has 0 aliphatic carbocycles. The van der Waals surface area contributed by atoms with Crippen LogP contribution in [0.2, 0.25) is 0 Å². The van der Waals surface area contributed by atoms with Crippen LogP contribution in [0.3, 0.4) is 0 Å². The molecule has 2 aromatic rings. The van der Waals surface area contributed by atoms with E-state index in [1.54, 1.807) is 6.07 Å². The third-order valence-electron chi connectivity index (χ3n) is 3.33. The first kappa shape index (κ1) is 15.0. The summed E-state index contributed by atoms with van der Waals surface area (Å²) in [6.07, 6.45) is 1.72. The van der Waals surface area contributed by atoms with E-state index in [0.29, 0.717) is 12.4 Å². The lowest BCUT2D eigenvalue weighted by Crippen LogP contribution is -2.37. The minimum absolute atomic E-state index is 0.0985. The molecule has 2 unspecified atom stereocenters. The van der Waals surface area contributed by atoms with Crippen LogP contribution < -0.4 is 11.3 Å². The molecule has 110 valence electrons. The molecule has 5 heteroatoms. The Morgan fingerprint density at radius 3 is 2.80 bits per heavy atom. The molecule has 0 bridgehead atoms. The molecule has 0 amide bonds. The fraction of sp³-hybridized carbons (Fsp3) is 0.467. The number of fused-ring (bicyclic) bond motifs is 1. The Morgan fingerprint density at radius 2 is 2.20 bits per heavy atom. The molecule has 3 N–H and O–H groups in total. The molecule has 20 heavy (non-hydrogen) atoms. The number of rotatable bonds is 7. The summed E-state index contributed by atoms with van der Waals surface area (Å²) in [7, 11) is 0. The van der Waals surface area contributed by atoms with Crippen molar-refractivity contribution in [1.29, 1.82) is 0 Å². The average Bonchev–Trinajstić information content (AvgIpc) is 2.85. The second kappa shape index (κ2) is 6.83. The van der Waals surface area contributed by atoms with Crippen molar-refractivity contribution in [3.05, 3.63) is 35.8 Å². The van der Waals surface area contributed by atoms with E-state index in [4.69, 9.17) is 15.0 Å². The summed E-state index contributed by atoms with van der Waals surface area (Å²) >= 11 is 0. The average molecular weight is 280 g/mol. The van der Waals surface area contributed by atoms with Crippen LogP contribution in [0, 0.1) is 5.82 Å². The summed E-state index contributed by atoms with van der Waals surface area (Å²) in [5.41, 5.74) is 2.99. The van der Waals surface area contributed by atoms with Crippen molar-refractivity contribution in [2.24, 2.45) is 5.84 Å².